The molecule has 0 bridgehead atoms. The summed E-state index contributed by atoms with van der Waals surface area (Å²) in [4.78, 5) is 34.8. The highest BCUT2D eigenvalue weighted by Crippen LogP contribution is 2.43. The third-order valence-corrected chi connectivity index (χ3v) is 9.67. The Kier molecular flexibility index (Phi) is 38.1. The monoisotopic (exact) mass is 768 g/mol. The second-order valence-electron chi connectivity index (χ2n) is 13.8. The zero-order valence-corrected chi connectivity index (χ0v) is 34.6. The molecule has 308 valence electrons. The molecule has 0 aromatic carbocycles. The number of carbonyl (C=O) groups is 2. The number of carbonyl (C=O) groups excluding carboxylic acids is 2. The lowest BCUT2D eigenvalue weighted by Crippen LogP contribution is -2.29. The maximum Gasteiger partial charge on any atom is 0.472 e. The van der Waals surface area contributed by atoms with Crippen LogP contribution in [0, 0.1) is 0 Å². The Morgan fingerprint density at radius 1 is 0.566 bits per heavy atom. The molecule has 0 fully saturated rings. The van der Waals surface area contributed by atoms with Crippen LogP contribution in [0.5, 0.6) is 0 Å². The van der Waals surface area contributed by atoms with Gasteiger partial charge in [0.05, 0.1) is 13.2 Å². The molecule has 0 aliphatic carbocycles. The Bertz CT molecular complexity index is 1010. The van der Waals surface area contributed by atoms with Crippen LogP contribution in [0.3, 0.4) is 0 Å². The number of rotatable bonds is 39. The number of esters is 2. The fourth-order valence-electron chi connectivity index (χ4n) is 5.53. The van der Waals surface area contributed by atoms with Gasteiger partial charge in [-0.2, -0.15) is 0 Å². The van der Waals surface area contributed by atoms with Crippen molar-refractivity contribution >= 4 is 19.8 Å². The molecule has 1 unspecified atom stereocenters. The third-order valence-electron chi connectivity index (χ3n) is 8.69. The van der Waals surface area contributed by atoms with E-state index in [4.69, 9.17) is 24.3 Å². The van der Waals surface area contributed by atoms with Gasteiger partial charge in [0.2, 0.25) is 0 Å². The Balaban J connectivity index is 4.29. The van der Waals surface area contributed by atoms with Crippen molar-refractivity contribution in [2.24, 2.45) is 5.73 Å². The molecule has 53 heavy (non-hydrogen) atoms. The zero-order valence-electron chi connectivity index (χ0n) is 33.7. The number of hydrogen-bond donors (Lipinski definition) is 2. The van der Waals surface area contributed by atoms with Crippen LogP contribution in [-0.2, 0) is 32.7 Å². The molecule has 10 heteroatoms. The third kappa shape index (κ3) is 39.5. The van der Waals surface area contributed by atoms with Crippen molar-refractivity contribution < 1.29 is 37.6 Å². The largest absolute Gasteiger partial charge is 0.472 e. The molecule has 0 radical (unpaired) electrons. The average molecular weight is 768 g/mol. The summed E-state index contributed by atoms with van der Waals surface area (Å²) in [5.74, 6) is -0.916. The maximum atomic E-state index is 12.5. The molecule has 2 atom stereocenters. The molecular weight excluding hydrogens is 689 g/mol. The molecule has 0 aromatic heterocycles. The zero-order chi connectivity index (χ0) is 38.9. The van der Waals surface area contributed by atoms with Gasteiger partial charge in [0.1, 0.15) is 6.61 Å². The number of phosphoric ester groups is 1. The van der Waals surface area contributed by atoms with Crippen LogP contribution >= 0.6 is 7.82 Å². The lowest BCUT2D eigenvalue weighted by atomic mass is 10.1. The van der Waals surface area contributed by atoms with E-state index in [-0.39, 0.29) is 32.6 Å². The van der Waals surface area contributed by atoms with Crippen LogP contribution in [0.4, 0.5) is 0 Å². The van der Waals surface area contributed by atoms with Gasteiger partial charge in [0.15, 0.2) is 6.10 Å². The minimum Gasteiger partial charge on any atom is -0.462 e. The molecule has 0 heterocycles. The number of unbranched alkanes of at least 4 members (excludes halogenated alkanes) is 18. The van der Waals surface area contributed by atoms with Gasteiger partial charge < -0.3 is 20.1 Å². The van der Waals surface area contributed by atoms with Crippen LogP contribution in [0.15, 0.2) is 48.6 Å². The van der Waals surface area contributed by atoms with E-state index in [0.717, 1.165) is 38.5 Å². The van der Waals surface area contributed by atoms with E-state index in [0.29, 0.717) is 19.3 Å². The Hall–Kier alpha value is -2.03. The van der Waals surface area contributed by atoms with Crippen LogP contribution in [0.1, 0.15) is 181 Å². The smallest absolute Gasteiger partial charge is 0.462 e. The number of phosphoric acid groups is 1. The second-order valence-corrected chi connectivity index (χ2v) is 15.3. The number of hydrogen-bond acceptors (Lipinski definition) is 8. The Morgan fingerprint density at radius 3 is 1.53 bits per heavy atom. The van der Waals surface area contributed by atoms with Crippen LogP contribution < -0.4 is 5.73 Å². The molecular formula is C43H78NO8P. The van der Waals surface area contributed by atoms with E-state index >= 15 is 0 Å². The first-order valence-electron chi connectivity index (χ1n) is 21.1. The molecule has 9 nitrogen and oxygen atoms in total. The van der Waals surface area contributed by atoms with Crippen molar-refractivity contribution in [1.29, 1.82) is 0 Å². The summed E-state index contributed by atoms with van der Waals surface area (Å²) in [7, 11) is -4.39. The highest BCUT2D eigenvalue weighted by atomic mass is 31.2. The molecule has 0 saturated carbocycles. The number of allylic oxidation sites excluding steroid dienone is 8. The first-order chi connectivity index (χ1) is 25.8. The van der Waals surface area contributed by atoms with E-state index in [9.17, 15) is 19.0 Å². The number of ether oxygens (including phenoxy) is 2. The van der Waals surface area contributed by atoms with E-state index < -0.39 is 32.5 Å². The SMILES string of the molecule is CCCCCCCC/C=C/C/C=C/C/C=C/CCCC(=O)O[C@H](COC(=O)CCCC/C=C/CCCCCCCCCCC)COP(=O)(O)OCCN. The van der Waals surface area contributed by atoms with Crippen molar-refractivity contribution in [1.82, 2.24) is 0 Å². The summed E-state index contributed by atoms with van der Waals surface area (Å²) in [5, 5.41) is 0. The molecule has 0 rings (SSSR count). The Morgan fingerprint density at radius 2 is 1.00 bits per heavy atom. The predicted octanol–water partition coefficient (Wildman–Crippen LogP) is 11.9. The van der Waals surface area contributed by atoms with Crippen molar-refractivity contribution in [2.45, 2.75) is 187 Å². The molecule has 0 spiro atoms. The first kappa shape index (κ1) is 51.0. The van der Waals surface area contributed by atoms with Crippen LogP contribution in [-0.4, -0.2) is 49.3 Å². The van der Waals surface area contributed by atoms with E-state index in [1.807, 2.05) is 6.08 Å². The molecule has 3 N–H and O–H groups in total. The van der Waals surface area contributed by atoms with Crippen LogP contribution in [0.25, 0.3) is 0 Å². The van der Waals surface area contributed by atoms with Gasteiger partial charge in [-0.25, -0.2) is 4.57 Å². The lowest BCUT2D eigenvalue weighted by Gasteiger charge is -2.19. The Labute approximate surface area is 324 Å². The summed E-state index contributed by atoms with van der Waals surface area (Å²) in [6.07, 6.45) is 44.4. The van der Waals surface area contributed by atoms with E-state index in [1.54, 1.807) is 0 Å². The second kappa shape index (κ2) is 39.7. The lowest BCUT2D eigenvalue weighted by molar-refractivity contribution is -0.161. The number of nitrogens with two attached hydrogens (primary N) is 1. The standard InChI is InChI=1S/C43H78NO8P/c1-3-5-7-9-11-13-15-17-19-20-22-24-26-28-30-32-34-36-43(46)52-41(40-51-53(47,48)50-38-37-44)39-49-42(45)35-33-31-29-27-25-23-21-18-16-14-12-10-8-6-4-2/h17,19,22,24-25,27-28,30,41H,3-16,18,20-21,23,26,29,31-40,44H2,1-2H3,(H,47,48)/b19-17+,24-22+,27-25+,30-28+/t41-/m1/s1. The maximum absolute atomic E-state index is 12.5. The van der Waals surface area contributed by atoms with Gasteiger partial charge in [-0.05, 0) is 70.6 Å². The molecule has 0 aromatic rings. The van der Waals surface area contributed by atoms with Gasteiger partial charge in [-0.3, -0.25) is 18.6 Å². The van der Waals surface area contributed by atoms with Gasteiger partial charge in [0, 0.05) is 19.4 Å². The van der Waals surface area contributed by atoms with Crippen molar-refractivity contribution in [3.8, 4) is 0 Å². The highest BCUT2D eigenvalue weighted by Gasteiger charge is 2.25. The van der Waals surface area contributed by atoms with Gasteiger partial charge in [-0.15, -0.1) is 0 Å². The molecule has 0 aliphatic heterocycles. The fourth-order valence-corrected chi connectivity index (χ4v) is 6.29. The molecule has 0 amide bonds. The topological polar surface area (TPSA) is 134 Å². The summed E-state index contributed by atoms with van der Waals surface area (Å²) in [5.41, 5.74) is 5.34. The van der Waals surface area contributed by atoms with E-state index in [2.05, 4.69) is 56.4 Å². The van der Waals surface area contributed by atoms with Crippen LogP contribution in [0.2, 0.25) is 0 Å². The van der Waals surface area contributed by atoms with Gasteiger partial charge >= 0.3 is 19.8 Å². The first-order valence-corrected chi connectivity index (χ1v) is 22.6. The minimum atomic E-state index is -4.39. The van der Waals surface area contributed by atoms with Crippen molar-refractivity contribution in [2.75, 3.05) is 26.4 Å². The predicted molar refractivity (Wildman–Crippen MR) is 220 cm³/mol. The van der Waals surface area contributed by atoms with Crippen molar-refractivity contribution in [3.63, 3.8) is 0 Å². The average Bonchev–Trinajstić information content (AvgIpc) is 3.14. The molecule has 0 saturated heterocycles. The van der Waals surface area contributed by atoms with E-state index in [1.165, 1.54) is 96.3 Å². The summed E-state index contributed by atoms with van der Waals surface area (Å²) < 4.78 is 32.6. The van der Waals surface area contributed by atoms with Crippen molar-refractivity contribution in [3.05, 3.63) is 48.6 Å². The van der Waals surface area contributed by atoms with Gasteiger partial charge in [-0.1, -0.05) is 146 Å². The highest BCUT2D eigenvalue weighted by molar-refractivity contribution is 7.47. The summed E-state index contributed by atoms with van der Waals surface area (Å²) >= 11 is 0. The fraction of sp³-hybridized carbons (Fsp3) is 0.767. The van der Waals surface area contributed by atoms with Gasteiger partial charge in [0.25, 0.3) is 0 Å². The quantitative estimate of drug-likeness (QED) is 0.0271. The minimum absolute atomic E-state index is 0.0421. The summed E-state index contributed by atoms with van der Waals surface area (Å²) in [6.45, 7) is 3.64. The normalized spacial score (nSPS) is 13.8. The summed E-state index contributed by atoms with van der Waals surface area (Å²) in [6, 6.07) is 0. The molecule has 0 aliphatic rings.